The fourth-order valence-electron chi connectivity index (χ4n) is 4.99. The zero-order valence-corrected chi connectivity index (χ0v) is 15.9. The third kappa shape index (κ3) is 2.01. The molecule has 4 aromatic rings. The van der Waals surface area contributed by atoms with E-state index in [4.69, 9.17) is 0 Å². The van der Waals surface area contributed by atoms with E-state index in [2.05, 4.69) is 72.8 Å². The molecule has 2 heteroatoms. The molecule has 0 fully saturated rings. The van der Waals surface area contributed by atoms with E-state index in [0.29, 0.717) is 0 Å². The topological polar surface area (TPSA) is 0 Å². The molecule has 3 aliphatic rings. The van der Waals surface area contributed by atoms with Crippen LogP contribution >= 0.6 is 11.8 Å². The summed E-state index contributed by atoms with van der Waals surface area (Å²) in [5.41, 5.74) is 8.21. The van der Waals surface area contributed by atoms with Crippen LogP contribution in [-0.4, -0.2) is 0 Å². The van der Waals surface area contributed by atoms with E-state index >= 15 is 0 Å². The van der Waals surface area contributed by atoms with Crippen molar-refractivity contribution in [3.05, 3.63) is 136 Å². The average molecular weight is 380 g/mol. The summed E-state index contributed by atoms with van der Waals surface area (Å²) in [6.45, 7) is 0. The lowest BCUT2D eigenvalue weighted by molar-refractivity contribution is 0.626. The van der Waals surface area contributed by atoms with Gasteiger partial charge < -0.3 is 0 Å². The van der Waals surface area contributed by atoms with Crippen molar-refractivity contribution in [1.82, 2.24) is 0 Å². The van der Waals surface area contributed by atoms with Crippen LogP contribution in [-0.2, 0) is 4.75 Å². The Balaban J connectivity index is 1.71. The van der Waals surface area contributed by atoms with Crippen molar-refractivity contribution in [3.8, 4) is 0 Å². The van der Waals surface area contributed by atoms with Crippen molar-refractivity contribution in [2.75, 3.05) is 0 Å². The summed E-state index contributed by atoms with van der Waals surface area (Å²) in [6, 6.07) is 33.3. The SMILES string of the molecule is Fc1ccc(SC23c4ccccc4C(c4ccccc42)c2ccccc23)cc1. The lowest BCUT2D eigenvalue weighted by Gasteiger charge is -2.50. The van der Waals surface area contributed by atoms with Crippen molar-refractivity contribution in [2.24, 2.45) is 0 Å². The van der Waals surface area contributed by atoms with Gasteiger partial charge in [0, 0.05) is 10.8 Å². The van der Waals surface area contributed by atoms with Crippen LogP contribution < -0.4 is 0 Å². The molecule has 28 heavy (non-hydrogen) atoms. The van der Waals surface area contributed by atoms with E-state index in [1.54, 1.807) is 12.1 Å². The van der Waals surface area contributed by atoms with Gasteiger partial charge in [0.25, 0.3) is 0 Å². The van der Waals surface area contributed by atoms with Crippen LogP contribution in [0.15, 0.2) is 102 Å². The highest BCUT2D eigenvalue weighted by molar-refractivity contribution is 8.00. The molecule has 0 radical (unpaired) electrons. The predicted octanol–water partition coefficient (Wildman–Crippen LogP) is 6.72. The molecule has 0 spiro atoms. The summed E-state index contributed by atoms with van der Waals surface area (Å²) >= 11 is 1.82. The maximum Gasteiger partial charge on any atom is 0.123 e. The Morgan fingerprint density at radius 2 is 1.00 bits per heavy atom. The minimum Gasteiger partial charge on any atom is -0.207 e. The zero-order valence-electron chi connectivity index (χ0n) is 15.1. The second kappa shape index (κ2) is 5.83. The van der Waals surface area contributed by atoms with Crippen LogP contribution in [0.5, 0.6) is 0 Å². The van der Waals surface area contributed by atoms with E-state index in [0.717, 1.165) is 4.90 Å². The van der Waals surface area contributed by atoms with Crippen molar-refractivity contribution in [1.29, 1.82) is 0 Å². The van der Waals surface area contributed by atoms with Gasteiger partial charge in [0.2, 0.25) is 0 Å². The Morgan fingerprint density at radius 1 is 0.571 bits per heavy atom. The maximum atomic E-state index is 13.6. The predicted molar refractivity (Wildman–Crippen MR) is 112 cm³/mol. The Morgan fingerprint density at radius 3 is 1.46 bits per heavy atom. The highest BCUT2D eigenvalue weighted by Crippen LogP contribution is 2.64. The van der Waals surface area contributed by atoms with Gasteiger partial charge in [-0.1, -0.05) is 72.8 Å². The first kappa shape index (κ1) is 16.1. The molecular weight excluding hydrogens is 363 g/mol. The molecule has 2 bridgehead atoms. The molecule has 0 unspecified atom stereocenters. The molecule has 0 saturated heterocycles. The molecule has 0 atom stereocenters. The Hall–Kier alpha value is -2.84. The first-order chi connectivity index (χ1) is 13.8. The van der Waals surface area contributed by atoms with Crippen LogP contribution in [0.2, 0.25) is 0 Å². The van der Waals surface area contributed by atoms with Gasteiger partial charge in [-0.15, -0.1) is 11.8 Å². The molecule has 134 valence electrons. The number of thioether (sulfide) groups is 1. The lowest BCUT2D eigenvalue weighted by atomic mass is 9.60. The largest absolute Gasteiger partial charge is 0.207 e. The van der Waals surface area contributed by atoms with Crippen LogP contribution in [0.4, 0.5) is 4.39 Å². The Kier molecular flexibility index (Phi) is 3.36. The molecular formula is C26H17FS. The molecule has 0 nitrogen and oxygen atoms in total. The minimum absolute atomic E-state index is 0.199. The third-order valence-electron chi connectivity index (χ3n) is 6.04. The number of benzene rings is 4. The summed E-state index contributed by atoms with van der Waals surface area (Å²) < 4.78 is 13.2. The van der Waals surface area contributed by atoms with Crippen molar-refractivity contribution < 1.29 is 4.39 Å². The van der Waals surface area contributed by atoms with Gasteiger partial charge in [0.05, 0.1) is 4.75 Å². The average Bonchev–Trinajstić information content (AvgIpc) is 2.76. The molecule has 0 aliphatic heterocycles. The molecule has 3 aliphatic carbocycles. The summed E-state index contributed by atoms with van der Waals surface area (Å²) in [7, 11) is 0. The Labute approximate surface area is 168 Å². The Bertz CT molecular complexity index is 1090. The number of halogens is 1. The first-order valence-corrected chi connectivity index (χ1v) is 10.3. The normalized spacial score (nSPS) is 21.0. The number of rotatable bonds is 2. The van der Waals surface area contributed by atoms with Crippen molar-refractivity contribution in [2.45, 2.75) is 15.6 Å². The molecule has 0 heterocycles. The fraction of sp³-hybridized carbons (Fsp3) is 0.0769. The molecule has 0 saturated carbocycles. The van der Waals surface area contributed by atoms with E-state index in [1.165, 1.54) is 33.4 Å². The number of hydrogen-bond acceptors (Lipinski definition) is 1. The molecule has 7 rings (SSSR count). The zero-order chi connectivity index (χ0) is 18.7. The van der Waals surface area contributed by atoms with Crippen LogP contribution in [0.1, 0.15) is 39.3 Å². The van der Waals surface area contributed by atoms with Crippen molar-refractivity contribution >= 4 is 11.8 Å². The van der Waals surface area contributed by atoms with E-state index in [1.807, 2.05) is 23.9 Å². The summed E-state index contributed by atoms with van der Waals surface area (Å²) in [5.74, 6) is 0.0784. The van der Waals surface area contributed by atoms with Gasteiger partial charge in [-0.25, -0.2) is 4.39 Å². The first-order valence-electron chi connectivity index (χ1n) is 9.52. The molecule has 0 N–H and O–H groups in total. The van der Waals surface area contributed by atoms with Gasteiger partial charge in [0.1, 0.15) is 5.82 Å². The van der Waals surface area contributed by atoms with E-state index in [-0.39, 0.29) is 16.5 Å². The number of hydrogen-bond donors (Lipinski definition) is 0. The summed E-state index contributed by atoms with van der Waals surface area (Å²) in [6.07, 6.45) is 0. The quantitative estimate of drug-likeness (QED) is 0.372. The van der Waals surface area contributed by atoms with Crippen LogP contribution in [0, 0.1) is 5.82 Å². The maximum absolute atomic E-state index is 13.6. The van der Waals surface area contributed by atoms with Crippen LogP contribution in [0.3, 0.4) is 0 Å². The van der Waals surface area contributed by atoms with Gasteiger partial charge in [0.15, 0.2) is 0 Å². The highest BCUT2D eigenvalue weighted by Gasteiger charge is 2.52. The van der Waals surface area contributed by atoms with Crippen LogP contribution in [0.25, 0.3) is 0 Å². The van der Waals surface area contributed by atoms with E-state index in [9.17, 15) is 4.39 Å². The van der Waals surface area contributed by atoms with Gasteiger partial charge >= 0.3 is 0 Å². The monoisotopic (exact) mass is 380 g/mol. The minimum atomic E-state index is -0.323. The van der Waals surface area contributed by atoms with Gasteiger partial charge in [-0.05, 0) is 57.6 Å². The van der Waals surface area contributed by atoms with Gasteiger partial charge in [-0.3, -0.25) is 0 Å². The van der Waals surface area contributed by atoms with E-state index < -0.39 is 0 Å². The smallest absolute Gasteiger partial charge is 0.123 e. The standard InChI is InChI=1S/C26H17FS/c27-17-13-15-18(16-14-17)28-26-22-10-4-1-7-19(22)25(20-8-2-5-11-23(20)26)21-9-3-6-12-24(21)26/h1-16,25H. The molecule has 4 aromatic carbocycles. The lowest BCUT2D eigenvalue weighted by Crippen LogP contribution is -2.39. The summed E-state index contributed by atoms with van der Waals surface area (Å²) in [4.78, 5) is 1.07. The molecule has 0 aromatic heterocycles. The second-order valence-electron chi connectivity index (χ2n) is 7.43. The van der Waals surface area contributed by atoms with Gasteiger partial charge in [-0.2, -0.15) is 0 Å². The second-order valence-corrected chi connectivity index (χ2v) is 8.72. The van der Waals surface area contributed by atoms with Crippen molar-refractivity contribution in [3.63, 3.8) is 0 Å². The summed E-state index contributed by atoms with van der Waals surface area (Å²) in [5, 5.41) is 0. The molecule has 0 amide bonds. The highest BCUT2D eigenvalue weighted by atomic mass is 32.2. The fourth-order valence-corrected chi connectivity index (χ4v) is 6.50. The third-order valence-corrected chi connectivity index (χ3v) is 7.51.